The van der Waals surface area contributed by atoms with Crippen LogP contribution in [0.2, 0.25) is 0 Å². The summed E-state index contributed by atoms with van der Waals surface area (Å²) in [5.41, 5.74) is 0.173. The number of methoxy groups -OCH3 is 2. The second-order valence-corrected chi connectivity index (χ2v) is 18.1. The summed E-state index contributed by atoms with van der Waals surface area (Å²) < 4.78 is 44.2. The molecule has 1 spiro atoms. The average molecular weight is 866 g/mol. The molecule has 3 fully saturated rings. The number of halogens is 1. The highest BCUT2D eigenvalue weighted by atomic mass is 79.9. The molecule has 0 radical (unpaired) electrons. The molecule has 0 saturated carbocycles. The van der Waals surface area contributed by atoms with Gasteiger partial charge in [-0.2, -0.15) is 0 Å². The lowest BCUT2D eigenvalue weighted by Gasteiger charge is -2.48. The number of aliphatic carboxylic acids is 1. The summed E-state index contributed by atoms with van der Waals surface area (Å²) in [6.45, 7) is 17.0. The van der Waals surface area contributed by atoms with E-state index in [1.54, 1.807) is 27.2 Å². The first-order valence-electron chi connectivity index (χ1n) is 21.0. The van der Waals surface area contributed by atoms with E-state index in [0.717, 1.165) is 31.3 Å². The topological polar surface area (TPSA) is 142 Å². The van der Waals surface area contributed by atoms with Gasteiger partial charge in [0.1, 0.15) is 29.8 Å². The van der Waals surface area contributed by atoms with Crippen molar-refractivity contribution in [3.8, 4) is 0 Å². The number of allylic oxidation sites excluding steroid dienone is 3. The molecule has 0 aromatic heterocycles. The van der Waals surface area contributed by atoms with Crippen LogP contribution in [0.1, 0.15) is 87.5 Å². The zero-order valence-electron chi connectivity index (χ0n) is 35.6. The molecule has 5 aliphatic rings. The number of hydrogen-bond donors (Lipinski definition) is 3. The van der Waals surface area contributed by atoms with Crippen molar-refractivity contribution in [1.29, 1.82) is 0 Å². The minimum absolute atomic E-state index is 0.0124. The molecule has 12 heteroatoms. The van der Waals surface area contributed by atoms with Crippen molar-refractivity contribution >= 4 is 21.9 Å². The van der Waals surface area contributed by atoms with Gasteiger partial charge in [-0.05, 0) is 68.6 Å². The van der Waals surface area contributed by atoms with E-state index < -0.39 is 41.8 Å². The van der Waals surface area contributed by atoms with E-state index in [-0.39, 0.29) is 55.1 Å². The smallest absolute Gasteiger partial charge is 0.313 e. The minimum Gasteiger partial charge on any atom is -0.481 e. The van der Waals surface area contributed by atoms with Crippen LogP contribution in [0, 0.1) is 35.5 Å². The molecule has 1 aliphatic carbocycles. The van der Waals surface area contributed by atoms with Crippen molar-refractivity contribution in [1.82, 2.24) is 0 Å². The molecular formula is C45H69BrO11. The highest BCUT2D eigenvalue weighted by molar-refractivity contribution is 9.09. The van der Waals surface area contributed by atoms with E-state index in [1.807, 2.05) is 13.0 Å². The number of alkyl halides is 1. The molecule has 0 bridgehead atoms. The Balaban J connectivity index is 1.41. The van der Waals surface area contributed by atoms with Crippen molar-refractivity contribution in [2.24, 2.45) is 35.5 Å². The zero-order valence-corrected chi connectivity index (χ0v) is 37.2. The van der Waals surface area contributed by atoms with Crippen molar-refractivity contribution < 1.29 is 53.3 Å². The van der Waals surface area contributed by atoms with Crippen molar-refractivity contribution in [3.63, 3.8) is 0 Å². The molecule has 4 aliphatic heterocycles. The predicted octanol–water partition coefficient (Wildman–Crippen LogP) is 7.30. The van der Waals surface area contributed by atoms with Crippen molar-refractivity contribution in [3.05, 3.63) is 59.3 Å². The first-order valence-corrected chi connectivity index (χ1v) is 22.1. The van der Waals surface area contributed by atoms with Gasteiger partial charge in [-0.15, -0.1) is 0 Å². The quantitative estimate of drug-likeness (QED) is 0.0868. The van der Waals surface area contributed by atoms with Gasteiger partial charge in [0.05, 0.1) is 42.5 Å². The normalized spacial score (nSPS) is 41.6. The van der Waals surface area contributed by atoms with Gasteiger partial charge in [0.2, 0.25) is 0 Å². The Kier molecular flexibility index (Phi) is 16.1. The van der Waals surface area contributed by atoms with Gasteiger partial charge in [-0.25, -0.2) is 0 Å². The molecule has 3 unspecified atom stereocenters. The number of rotatable bonds is 15. The van der Waals surface area contributed by atoms with E-state index in [1.165, 1.54) is 6.08 Å². The molecule has 17 atom stereocenters. The van der Waals surface area contributed by atoms with Gasteiger partial charge in [0, 0.05) is 38.9 Å². The van der Waals surface area contributed by atoms with Crippen LogP contribution in [-0.2, 0) is 38.0 Å². The van der Waals surface area contributed by atoms with Crippen LogP contribution >= 0.6 is 15.9 Å². The number of carboxylic acids is 1. The number of aliphatic hydroxyl groups is 2. The second kappa shape index (κ2) is 19.8. The molecule has 4 heterocycles. The second-order valence-electron chi connectivity index (χ2n) is 17.5. The van der Waals surface area contributed by atoms with Crippen LogP contribution in [0.3, 0.4) is 0 Å². The van der Waals surface area contributed by atoms with E-state index in [0.29, 0.717) is 40.7 Å². The fourth-order valence-corrected chi connectivity index (χ4v) is 10.3. The molecule has 0 aromatic rings. The molecule has 5 rings (SSSR count). The summed E-state index contributed by atoms with van der Waals surface area (Å²) in [6, 6.07) is 0. The fraction of sp³-hybridized carbons (Fsp3) is 0.756. The zero-order chi connectivity index (χ0) is 41.8. The van der Waals surface area contributed by atoms with Crippen molar-refractivity contribution in [2.75, 3.05) is 26.2 Å². The number of carboxylic acid groups (broad SMARTS) is 1. The predicted molar refractivity (Wildman–Crippen MR) is 222 cm³/mol. The Morgan fingerprint density at radius 3 is 2.54 bits per heavy atom. The average Bonchev–Trinajstić information content (AvgIpc) is 3.51. The van der Waals surface area contributed by atoms with Gasteiger partial charge in [0.15, 0.2) is 12.1 Å². The number of ether oxygens (including phenoxy) is 7. The molecule has 322 valence electrons. The fourth-order valence-electron chi connectivity index (χ4n) is 9.89. The van der Waals surface area contributed by atoms with Gasteiger partial charge < -0.3 is 48.5 Å². The monoisotopic (exact) mass is 864 g/mol. The summed E-state index contributed by atoms with van der Waals surface area (Å²) >= 11 is 3.48. The maximum atomic E-state index is 12.3. The third-order valence-electron chi connectivity index (χ3n) is 13.3. The maximum absolute atomic E-state index is 12.3. The van der Waals surface area contributed by atoms with E-state index in [9.17, 15) is 20.1 Å². The van der Waals surface area contributed by atoms with Crippen LogP contribution < -0.4 is 0 Å². The Morgan fingerprint density at radius 1 is 1.16 bits per heavy atom. The highest BCUT2D eigenvalue weighted by Crippen LogP contribution is 2.46. The van der Waals surface area contributed by atoms with Crippen LogP contribution in [0.5, 0.6) is 0 Å². The molecule has 3 N–H and O–H groups in total. The maximum Gasteiger partial charge on any atom is 0.313 e. The van der Waals surface area contributed by atoms with Crippen LogP contribution in [-0.4, -0.2) is 114 Å². The standard InChI is InChI=1S/C45H69BrO11/c1-11-26(3)40-29(6)17-18-44(57-40)22-25(2)19-33(56-44)16-15-28(5)38(35-21-36(51-9)41(31(8)54-35)55-37(23-46)52-10)27(4)13-12-14-32-24-53-42-39(47)30(7)20-34(43(48)49)45(32,42)50/h12-15,17-18,20,25-27,29,31,33-42,47,50H,11,16,19,21-24H2,1-10H3,(H,48,49)/b13-12+,28-15+,32-14+/t25-,26?,27-,29-,31-,33+,34-,35?,36-,37?,38-,39+,40+,41-,42+,44+,45+/m0/s1. The van der Waals surface area contributed by atoms with E-state index in [4.69, 9.17) is 33.2 Å². The molecule has 3 saturated heterocycles. The Labute approximate surface area is 349 Å². The van der Waals surface area contributed by atoms with Crippen LogP contribution in [0.15, 0.2) is 59.3 Å². The van der Waals surface area contributed by atoms with Crippen LogP contribution in [0.4, 0.5) is 0 Å². The first-order chi connectivity index (χ1) is 27.0. The molecule has 11 nitrogen and oxygen atoms in total. The third-order valence-corrected chi connectivity index (χ3v) is 13.8. The SMILES string of the molecule is CCC(C)[C@H]1O[C@]2(C=C[C@@H]1C)C[C@@H](C)C[C@@H](C/C=C(\C)[C@@H](C1C[C@H](OC)[C@@H](OC(CBr)OC)[C@H](C)O1)[C@@H](C)/C=C/C=C1\CO[C@@H]3[C@H](O)C(C)=C[C@@H](C(=O)O)[C@]13O)O2. The highest BCUT2D eigenvalue weighted by Gasteiger charge is 2.59. The van der Waals surface area contributed by atoms with Crippen molar-refractivity contribution in [2.45, 2.75) is 154 Å². The Hall–Kier alpha value is -1.71. The minimum atomic E-state index is -1.87. The number of fused-ring (bicyclic) bond motifs is 1. The first kappa shape index (κ1) is 46.4. The summed E-state index contributed by atoms with van der Waals surface area (Å²) in [5, 5.41) is 33.2. The van der Waals surface area contributed by atoms with E-state index >= 15 is 0 Å². The lowest BCUT2D eigenvalue weighted by Crippen LogP contribution is -2.56. The summed E-state index contributed by atoms with van der Waals surface area (Å²) in [7, 11) is 3.32. The third kappa shape index (κ3) is 10.1. The molecule has 0 aromatic carbocycles. The van der Waals surface area contributed by atoms with Gasteiger partial charge >= 0.3 is 5.97 Å². The Morgan fingerprint density at radius 2 is 1.89 bits per heavy atom. The summed E-state index contributed by atoms with van der Waals surface area (Å²) in [5.74, 6) is -2.09. The number of carbonyl (C=O) groups is 1. The van der Waals surface area contributed by atoms with Gasteiger partial charge in [-0.1, -0.05) is 99.0 Å². The lowest BCUT2D eigenvalue weighted by molar-refractivity contribution is -0.292. The molecule has 57 heavy (non-hydrogen) atoms. The lowest BCUT2D eigenvalue weighted by atomic mass is 9.71. The van der Waals surface area contributed by atoms with E-state index in [2.05, 4.69) is 81.8 Å². The largest absolute Gasteiger partial charge is 0.481 e. The molecular weight excluding hydrogens is 796 g/mol. The van der Waals surface area contributed by atoms with Gasteiger partial charge in [0.25, 0.3) is 0 Å². The summed E-state index contributed by atoms with van der Waals surface area (Å²) in [4.78, 5) is 12.3. The Bertz CT molecular complexity index is 1520. The number of aliphatic hydroxyl groups excluding tert-OH is 1. The summed E-state index contributed by atoms with van der Waals surface area (Å²) in [6.07, 6.45) is 14.3. The number of hydrogen-bond acceptors (Lipinski definition) is 10. The van der Waals surface area contributed by atoms with Crippen LogP contribution in [0.25, 0.3) is 0 Å². The molecule has 0 amide bonds. The van der Waals surface area contributed by atoms with Gasteiger partial charge in [-0.3, -0.25) is 4.79 Å².